The maximum atomic E-state index is 13.2. The van der Waals surface area contributed by atoms with Crippen LogP contribution in [0.1, 0.15) is 0 Å². The smallest absolute Gasteiger partial charge is 0.231 e. The molecule has 0 saturated heterocycles. The summed E-state index contributed by atoms with van der Waals surface area (Å²) in [5.41, 5.74) is 2.64. The van der Waals surface area contributed by atoms with Gasteiger partial charge in [0.1, 0.15) is 12.1 Å². The van der Waals surface area contributed by atoms with Crippen molar-refractivity contribution in [2.45, 2.75) is 0 Å². The van der Waals surface area contributed by atoms with Gasteiger partial charge < -0.3 is 14.8 Å². The number of halogens is 1. The summed E-state index contributed by atoms with van der Waals surface area (Å²) in [6.45, 7) is 0.239. The molecule has 26 heavy (non-hydrogen) atoms. The number of anilines is 2. The second kappa shape index (κ2) is 5.96. The largest absolute Gasteiger partial charge is 0.454 e. The molecule has 5 rings (SSSR count). The van der Waals surface area contributed by atoms with Gasteiger partial charge in [0.25, 0.3) is 0 Å². The summed E-state index contributed by atoms with van der Waals surface area (Å²) in [5, 5.41) is 3.31. The second-order valence-corrected chi connectivity index (χ2v) is 6.80. The van der Waals surface area contributed by atoms with E-state index in [4.69, 9.17) is 9.47 Å². The molecule has 128 valence electrons. The highest BCUT2D eigenvalue weighted by Gasteiger charge is 2.15. The first-order valence-corrected chi connectivity index (χ1v) is 8.75. The van der Waals surface area contributed by atoms with Gasteiger partial charge in [-0.25, -0.2) is 14.4 Å². The van der Waals surface area contributed by atoms with Crippen LogP contribution >= 0.6 is 11.3 Å². The third-order valence-corrected chi connectivity index (χ3v) is 5.26. The number of fused-ring (bicyclic) bond motifs is 2. The normalized spacial score (nSPS) is 12.5. The molecule has 0 spiro atoms. The molecule has 7 heteroatoms. The molecule has 1 aliphatic rings. The van der Waals surface area contributed by atoms with Gasteiger partial charge in [-0.3, -0.25) is 0 Å². The number of benzene rings is 2. The number of hydrogen-bond acceptors (Lipinski definition) is 6. The van der Waals surface area contributed by atoms with Gasteiger partial charge in [-0.2, -0.15) is 0 Å². The van der Waals surface area contributed by atoms with Crippen molar-refractivity contribution in [3.8, 4) is 21.9 Å². The molecule has 2 aromatic carbocycles. The molecule has 4 aromatic rings. The Balaban J connectivity index is 1.53. The number of nitrogens with zero attached hydrogens (tertiary/aromatic N) is 2. The van der Waals surface area contributed by atoms with E-state index < -0.39 is 0 Å². The standard InChI is InChI=1S/C19H12FN3O2S/c20-12-3-1-11(2-4-12)17-8-14-18(26-17)19(22-9-21-14)23-13-5-6-15-16(7-13)25-10-24-15/h1-9H,10H2,(H,21,22,23). The van der Waals surface area contributed by atoms with Crippen molar-refractivity contribution in [1.29, 1.82) is 0 Å². The third kappa shape index (κ3) is 2.62. The predicted molar refractivity (Wildman–Crippen MR) is 98.7 cm³/mol. The third-order valence-electron chi connectivity index (χ3n) is 4.08. The van der Waals surface area contributed by atoms with Crippen molar-refractivity contribution in [3.63, 3.8) is 0 Å². The number of rotatable bonds is 3. The fourth-order valence-corrected chi connectivity index (χ4v) is 3.87. The van der Waals surface area contributed by atoms with Gasteiger partial charge in [-0.05, 0) is 35.9 Å². The molecular weight excluding hydrogens is 353 g/mol. The summed E-state index contributed by atoms with van der Waals surface area (Å²) in [6, 6.07) is 14.1. The van der Waals surface area contributed by atoms with Crippen molar-refractivity contribution in [3.05, 3.63) is 60.7 Å². The van der Waals surface area contributed by atoms with Crippen LogP contribution < -0.4 is 14.8 Å². The van der Waals surface area contributed by atoms with Crippen LogP contribution in [0.2, 0.25) is 0 Å². The summed E-state index contributed by atoms with van der Waals surface area (Å²) < 4.78 is 24.8. The van der Waals surface area contributed by atoms with E-state index in [1.165, 1.54) is 18.5 Å². The van der Waals surface area contributed by atoms with E-state index in [1.807, 2.05) is 24.3 Å². The van der Waals surface area contributed by atoms with Gasteiger partial charge in [0, 0.05) is 16.6 Å². The van der Waals surface area contributed by atoms with E-state index in [0.717, 1.165) is 32.1 Å². The maximum Gasteiger partial charge on any atom is 0.231 e. The zero-order valence-corrected chi connectivity index (χ0v) is 14.2. The summed E-state index contributed by atoms with van der Waals surface area (Å²) in [5.74, 6) is 1.91. The van der Waals surface area contributed by atoms with Crippen LogP contribution in [0.15, 0.2) is 54.9 Å². The van der Waals surface area contributed by atoms with E-state index in [2.05, 4.69) is 15.3 Å². The molecule has 0 radical (unpaired) electrons. The molecule has 1 N–H and O–H groups in total. The molecule has 1 aliphatic heterocycles. The lowest BCUT2D eigenvalue weighted by atomic mass is 10.2. The molecular formula is C19H12FN3O2S. The highest BCUT2D eigenvalue weighted by atomic mass is 32.1. The SMILES string of the molecule is Fc1ccc(-c2cc3ncnc(Nc4ccc5c(c4)OCO5)c3s2)cc1. The van der Waals surface area contributed by atoms with Gasteiger partial charge in [-0.15, -0.1) is 11.3 Å². The molecule has 0 aliphatic carbocycles. The molecule has 0 atom stereocenters. The average Bonchev–Trinajstić information content (AvgIpc) is 3.29. The Bertz CT molecular complexity index is 1110. The highest BCUT2D eigenvalue weighted by molar-refractivity contribution is 7.22. The van der Waals surface area contributed by atoms with Gasteiger partial charge in [0.2, 0.25) is 6.79 Å². The Hall–Kier alpha value is -3.19. The zero-order chi connectivity index (χ0) is 17.5. The van der Waals surface area contributed by atoms with E-state index in [-0.39, 0.29) is 12.6 Å². The summed E-state index contributed by atoms with van der Waals surface area (Å²) in [4.78, 5) is 9.73. The van der Waals surface area contributed by atoms with Crippen molar-refractivity contribution in [1.82, 2.24) is 9.97 Å². The van der Waals surface area contributed by atoms with E-state index >= 15 is 0 Å². The van der Waals surface area contributed by atoms with Crippen molar-refractivity contribution >= 4 is 33.1 Å². The van der Waals surface area contributed by atoms with Crippen LogP contribution in [-0.4, -0.2) is 16.8 Å². The Kier molecular flexibility index (Phi) is 3.46. The number of ether oxygens (including phenoxy) is 2. The molecule has 0 unspecified atom stereocenters. The van der Waals surface area contributed by atoms with Crippen LogP contribution in [0.5, 0.6) is 11.5 Å². The molecule has 0 saturated carbocycles. The number of nitrogens with one attached hydrogen (secondary N) is 1. The first-order valence-electron chi connectivity index (χ1n) is 7.93. The van der Waals surface area contributed by atoms with Crippen LogP contribution in [0.4, 0.5) is 15.9 Å². The molecule has 3 heterocycles. The van der Waals surface area contributed by atoms with Crippen molar-refractivity contribution in [2.75, 3.05) is 12.1 Å². The molecule has 0 amide bonds. The quantitative estimate of drug-likeness (QED) is 0.555. The Labute approximate surface area is 152 Å². The van der Waals surface area contributed by atoms with E-state index in [1.54, 1.807) is 23.5 Å². The fourth-order valence-electron chi connectivity index (χ4n) is 2.81. The minimum absolute atomic E-state index is 0.239. The van der Waals surface area contributed by atoms with Gasteiger partial charge in [-0.1, -0.05) is 12.1 Å². The molecule has 0 bridgehead atoms. The van der Waals surface area contributed by atoms with Crippen molar-refractivity contribution in [2.24, 2.45) is 0 Å². The lowest BCUT2D eigenvalue weighted by Crippen LogP contribution is -1.94. The highest BCUT2D eigenvalue weighted by Crippen LogP contribution is 2.38. The minimum atomic E-state index is -0.250. The second-order valence-electron chi connectivity index (χ2n) is 5.75. The molecule has 2 aromatic heterocycles. The number of thiophene rings is 1. The fraction of sp³-hybridized carbons (Fsp3) is 0.0526. The Morgan fingerprint density at radius 3 is 2.69 bits per heavy atom. The minimum Gasteiger partial charge on any atom is -0.454 e. The van der Waals surface area contributed by atoms with Gasteiger partial charge >= 0.3 is 0 Å². The van der Waals surface area contributed by atoms with E-state index in [9.17, 15) is 4.39 Å². The molecule has 5 nitrogen and oxygen atoms in total. The Morgan fingerprint density at radius 2 is 1.81 bits per heavy atom. The van der Waals surface area contributed by atoms with Gasteiger partial charge in [0.05, 0.1) is 10.2 Å². The summed E-state index contributed by atoms with van der Waals surface area (Å²) in [7, 11) is 0. The number of hydrogen-bond donors (Lipinski definition) is 1. The average molecular weight is 365 g/mol. The topological polar surface area (TPSA) is 56.3 Å². The zero-order valence-electron chi connectivity index (χ0n) is 13.4. The predicted octanol–water partition coefficient (Wildman–Crippen LogP) is 4.97. The van der Waals surface area contributed by atoms with Crippen LogP contribution in [-0.2, 0) is 0 Å². The van der Waals surface area contributed by atoms with Crippen molar-refractivity contribution < 1.29 is 13.9 Å². The van der Waals surface area contributed by atoms with Gasteiger partial charge in [0.15, 0.2) is 17.3 Å². The van der Waals surface area contributed by atoms with Crippen LogP contribution in [0, 0.1) is 5.82 Å². The molecule has 0 fully saturated rings. The lowest BCUT2D eigenvalue weighted by Gasteiger charge is -2.07. The van der Waals surface area contributed by atoms with E-state index in [0.29, 0.717) is 11.6 Å². The Morgan fingerprint density at radius 1 is 0.962 bits per heavy atom. The van der Waals surface area contributed by atoms with Crippen LogP contribution in [0.3, 0.4) is 0 Å². The lowest BCUT2D eigenvalue weighted by molar-refractivity contribution is 0.174. The monoisotopic (exact) mass is 365 g/mol. The summed E-state index contributed by atoms with van der Waals surface area (Å²) >= 11 is 1.56. The van der Waals surface area contributed by atoms with Crippen LogP contribution in [0.25, 0.3) is 20.7 Å². The first kappa shape index (κ1) is 15.1. The maximum absolute atomic E-state index is 13.2. The number of aromatic nitrogens is 2. The summed E-state index contributed by atoms with van der Waals surface area (Å²) in [6.07, 6.45) is 1.53. The first-order chi connectivity index (χ1) is 12.8.